The third kappa shape index (κ3) is 3.08. The molecule has 0 bridgehead atoms. The molecule has 1 aromatic carbocycles. The van der Waals surface area contributed by atoms with E-state index in [1.54, 1.807) is 0 Å². The topological polar surface area (TPSA) is 32.3 Å². The van der Waals surface area contributed by atoms with Crippen molar-refractivity contribution in [1.82, 2.24) is 5.32 Å². The van der Waals surface area contributed by atoms with Crippen molar-refractivity contribution in [2.45, 2.75) is 39.2 Å². The third-order valence-corrected chi connectivity index (χ3v) is 3.65. The molecule has 0 spiro atoms. The Morgan fingerprint density at radius 1 is 1.24 bits per heavy atom. The van der Waals surface area contributed by atoms with Gasteiger partial charge in [-0.05, 0) is 51.6 Å². The van der Waals surface area contributed by atoms with Crippen LogP contribution in [0, 0.1) is 19.8 Å². The lowest BCUT2D eigenvalue weighted by atomic mass is 9.90. The molecular formula is C15H23NO. The van der Waals surface area contributed by atoms with Crippen molar-refractivity contribution in [2.75, 3.05) is 13.2 Å². The molecule has 0 aromatic heterocycles. The van der Waals surface area contributed by atoms with Crippen LogP contribution in [0.4, 0.5) is 0 Å². The van der Waals surface area contributed by atoms with E-state index in [4.69, 9.17) is 0 Å². The summed E-state index contributed by atoms with van der Waals surface area (Å²) in [6, 6.07) is 6.51. The summed E-state index contributed by atoms with van der Waals surface area (Å²) in [7, 11) is 0. The van der Waals surface area contributed by atoms with E-state index >= 15 is 0 Å². The molecule has 2 rings (SSSR count). The Kier molecular flexibility index (Phi) is 3.55. The van der Waals surface area contributed by atoms with E-state index < -0.39 is 0 Å². The number of hydrogen-bond donors (Lipinski definition) is 2. The lowest BCUT2D eigenvalue weighted by Gasteiger charge is -2.30. The first-order valence-electron chi connectivity index (χ1n) is 6.48. The highest BCUT2D eigenvalue weighted by Gasteiger charge is 2.29. The number of benzene rings is 1. The minimum Gasteiger partial charge on any atom is -0.394 e. The summed E-state index contributed by atoms with van der Waals surface area (Å²) in [4.78, 5) is 0. The van der Waals surface area contributed by atoms with Gasteiger partial charge < -0.3 is 10.4 Å². The maximum atomic E-state index is 9.69. The third-order valence-electron chi connectivity index (χ3n) is 3.65. The molecule has 17 heavy (non-hydrogen) atoms. The summed E-state index contributed by atoms with van der Waals surface area (Å²) < 4.78 is 0. The second-order valence-electron chi connectivity index (χ2n) is 5.69. The number of rotatable bonds is 5. The van der Waals surface area contributed by atoms with Crippen LogP contribution in [0.25, 0.3) is 0 Å². The monoisotopic (exact) mass is 233 g/mol. The molecule has 2 N–H and O–H groups in total. The largest absolute Gasteiger partial charge is 0.394 e. The van der Waals surface area contributed by atoms with E-state index in [0.29, 0.717) is 0 Å². The summed E-state index contributed by atoms with van der Waals surface area (Å²) in [5, 5.41) is 13.2. The van der Waals surface area contributed by atoms with Gasteiger partial charge >= 0.3 is 0 Å². The first kappa shape index (κ1) is 12.6. The van der Waals surface area contributed by atoms with Gasteiger partial charge in [0, 0.05) is 0 Å². The second-order valence-corrected chi connectivity index (χ2v) is 5.69. The van der Waals surface area contributed by atoms with Gasteiger partial charge in [0.2, 0.25) is 0 Å². The summed E-state index contributed by atoms with van der Waals surface area (Å²) in [5.41, 5.74) is 3.40. The Morgan fingerprint density at radius 3 is 2.29 bits per heavy atom. The molecule has 1 saturated carbocycles. The molecule has 0 amide bonds. The van der Waals surface area contributed by atoms with Crippen molar-refractivity contribution in [2.24, 2.45) is 5.92 Å². The molecule has 1 aromatic rings. The van der Waals surface area contributed by atoms with Gasteiger partial charge in [0.25, 0.3) is 0 Å². The zero-order valence-corrected chi connectivity index (χ0v) is 11.1. The van der Waals surface area contributed by atoms with Crippen molar-refractivity contribution in [3.8, 4) is 0 Å². The number of aryl methyl sites for hydroxylation is 2. The van der Waals surface area contributed by atoms with Crippen molar-refractivity contribution < 1.29 is 5.11 Å². The van der Waals surface area contributed by atoms with Crippen molar-refractivity contribution in [1.29, 1.82) is 0 Å². The maximum Gasteiger partial charge on any atom is 0.0652 e. The Balaban J connectivity index is 2.18. The molecule has 1 unspecified atom stereocenters. The Hall–Kier alpha value is -0.860. The highest BCUT2D eigenvalue weighted by atomic mass is 16.3. The van der Waals surface area contributed by atoms with Crippen LogP contribution >= 0.6 is 0 Å². The number of nitrogens with one attached hydrogen (secondary N) is 1. The van der Waals surface area contributed by atoms with Crippen LogP contribution in [0.2, 0.25) is 0 Å². The molecule has 1 fully saturated rings. The Labute approximate surface area is 104 Å². The van der Waals surface area contributed by atoms with Crippen molar-refractivity contribution in [3.05, 3.63) is 34.9 Å². The molecule has 1 atom stereocenters. The molecule has 0 saturated heterocycles. The average molecular weight is 233 g/mol. The minimum atomic E-state index is -0.306. The molecule has 0 heterocycles. The van der Waals surface area contributed by atoms with E-state index in [9.17, 15) is 5.11 Å². The van der Waals surface area contributed by atoms with Crippen LogP contribution in [0.3, 0.4) is 0 Å². The number of hydrogen-bond acceptors (Lipinski definition) is 2. The summed E-state index contributed by atoms with van der Waals surface area (Å²) in [5.74, 6) is 0.826. The fourth-order valence-electron chi connectivity index (χ4n) is 2.23. The fourth-order valence-corrected chi connectivity index (χ4v) is 2.23. The van der Waals surface area contributed by atoms with Gasteiger partial charge in [0.1, 0.15) is 0 Å². The van der Waals surface area contributed by atoms with Gasteiger partial charge in [-0.2, -0.15) is 0 Å². The van der Waals surface area contributed by atoms with Crippen LogP contribution < -0.4 is 5.32 Å². The van der Waals surface area contributed by atoms with E-state index in [2.05, 4.69) is 44.3 Å². The number of aliphatic hydroxyl groups is 1. The molecule has 1 aliphatic rings. The lowest BCUT2D eigenvalue weighted by molar-refractivity contribution is 0.173. The average Bonchev–Trinajstić information content (AvgIpc) is 3.08. The molecule has 2 heteroatoms. The fraction of sp³-hybridized carbons (Fsp3) is 0.600. The summed E-state index contributed by atoms with van der Waals surface area (Å²) >= 11 is 0. The predicted molar refractivity (Wildman–Crippen MR) is 71.1 cm³/mol. The second kappa shape index (κ2) is 4.79. The Morgan fingerprint density at radius 2 is 1.82 bits per heavy atom. The van der Waals surface area contributed by atoms with E-state index in [0.717, 1.165) is 12.5 Å². The zero-order valence-electron chi connectivity index (χ0n) is 11.1. The Bertz CT molecular complexity index is 378. The lowest BCUT2D eigenvalue weighted by Crippen LogP contribution is -2.44. The van der Waals surface area contributed by atoms with Gasteiger partial charge in [-0.15, -0.1) is 0 Å². The highest BCUT2D eigenvalue weighted by molar-refractivity contribution is 5.33. The first-order chi connectivity index (χ1) is 8.03. The predicted octanol–water partition coefficient (Wildman–Crippen LogP) is 2.51. The maximum absolute atomic E-state index is 9.69. The quantitative estimate of drug-likeness (QED) is 0.819. The molecule has 2 nitrogen and oxygen atoms in total. The SMILES string of the molecule is Cc1cc(C)cc(C(C)(CO)NCC2CC2)c1. The van der Waals surface area contributed by atoms with Crippen LogP contribution in [-0.2, 0) is 5.54 Å². The summed E-state index contributed by atoms with van der Waals surface area (Å²) in [6.07, 6.45) is 2.67. The highest BCUT2D eigenvalue weighted by Crippen LogP contribution is 2.30. The van der Waals surface area contributed by atoms with Crippen LogP contribution in [0.1, 0.15) is 36.5 Å². The van der Waals surface area contributed by atoms with Crippen molar-refractivity contribution in [3.63, 3.8) is 0 Å². The minimum absolute atomic E-state index is 0.141. The van der Waals surface area contributed by atoms with Gasteiger partial charge in [-0.25, -0.2) is 0 Å². The number of aliphatic hydroxyl groups excluding tert-OH is 1. The first-order valence-corrected chi connectivity index (χ1v) is 6.48. The van der Waals surface area contributed by atoms with Crippen molar-refractivity contribution >= 4 is 0 Å². The molecule has 0 radical (unpaired) electrons. The normalized spacial score (nSPS) is 19.1. The van der Waals surface area contributed by atoms with Gasteiger partial charge in [0.05, 0.1) is 12.1 Å². The van der Waals surface area contributed by atoms with Gasteiger partial charge in [-0.1, -0.05) is 29.3 Å². The van der Waals surface area contributed by atoms with Crippen LogP contribution in [0.5, 0.6) is 0 Å². The molecular weight excluding hydrogens is 210 g/mol. The standard InChI is InChI=1S/C15H23NO/c1-11-6-12(2)8-14(7-11)15(3,10-17)16-9-13-4-5-13/h6-8,13,16-17H,4-5,9-10H2,1-3H3. The van der Waals surface area contributed by atoms with Crippen LogP contribution in [-0.4, -0.2) is 18.3 Å². The smallest absolute Gasteiger partial charge is 0.0652 e. The zero-order chi connectivity index (χ0) is 12.5. The van der Waals surface area contributed by atoms with E-state index in [1.165, 1.54) is 29.5 Å². The van der Waals surface area contributed by atoms with Gasteiger partial charge in [0.15, 0.2) is 0 Å². The van der Waals surface area contributed by atoms with E-state index in [1.807, 2.05) is 0 Å². The summed E-state index contributed by atoms with van der Waals surface area (Å²) in [6.45, 7) is 7.46. The van der Waals surface area contributed by atoms with Gasteiger partial charge in [-0.3, -0.25) is 0 Å². The molecule has 1 aliphatic carbocycles. The molecule has 0 aliphatic heterocycles. The molecule has 94 valence electrons. The van der Waals surface area contributed by atoms with Crippen LogP contribution in [0.15, 0.2) is 18.2 Å². The van der Waals surface area contributed by atoms with E-state index in [-0.39, 0.29) is 12.1 Å².